The summed E-state index contributed by atoms with van der Waals surface area (Å²) in [6, 6.07) is 0. The van der Waals surface area contributed by atoms with Crippen LogP contribution in [-0.2, 0) is 21.1 Å². The third-order valence-corrected chi connectivity index (χ3v) is 0.537. The van der Waals surface area contributed by atoms with Crippen molar-refractivity contribution in [3.05, 3.63) is 12.5 Å². The van der Waals surface area contributed by atoms with Gasteiger partial charge >= 0.3 is 21.1 Å². The Morgan fingerprint density at radius 2 is 1.67 bits per heavy atom. The van der Waals surface area contributed by atoms with Crippen molar-refractivity contribution in [2.75, 3.05) is 0 Å². The monoisotopic (exact) mass is 342 g/mol. The van der Waals surface area contributed by atoms with Gasteiger partial charge in [0.15, 0.2) is 0 Å². The molecule has 0 aliphatic rings. The summed E-state index contributed by atoms with van der Waals surface area (Å²) in [6.45, 7) is 3.09. The fourth-order valence-corrected chi connectivity index (χ4v) is 0.153. The third kappa shape index (κ3) is 32.9. The van der Waals surface area contributed by atoms with Gasteiger partial charge in [-0.1, -0.05) is 0 Å². The Kier molecular flexibility index (Phi) is 19.9. The first kappa shape index (κ1) is 17.8. The van der Waals surface area contributed by atoms with Crippen LogP contribution in [0.2, 0.25) is 0 Å². The molecule has 70 valence electrons. The smallest absolute Gasteiger partial charge is 0.812 e. The largest absolute Gasteiger partial charge is 2.00 e. The summed E-state index contributed by atoms with van der Waals surface area (Å²) in [5.41, 5.74) is 0. The molecule has 0 aromatic carbocycles. The normalized spacial score (nSPS) is 13.7. The maximum absolute atomic E-state index is 8.36. The minimum absolute atomic E-state index is 0. The van der Waals surface area contributed by atoms with Gasteiger partial charge in [-0.2, -0.15) is 13.3 Å². The second kappa shape index (κ2) is 13.4. The molecule has 2 unspecified atom stereocenters. The zero-order chi connectivity index (χ0) is 9.28. The molecule has 0 saturated heterocycles. The number of nitrogens with zero attached hydrogens (tertiary/aromatic N) is 2. The van der Waals surface area contributed by atoms with Crippen LogP contribution in [0.15, 0.2) is 4.99 Å². The Hall–Kier alpha value is -0.182. The summed E-state index contributed by atoms with van der Waals surface area (Å²) in [6.07, 6.45) is 0.942. The van der Waals surface area contributed by atoms with Gasteiger partial charge in [0.25, 0.3) is 0 Å². The molecule has 4 nitrogen and oxygen atoms in total. The van der Waals surface area contributed by atoms with Crippen LogP contribution in [0.4, 0.5) is 0 Å². The Morgan fingerprint density at radius 3 is 1.67 bits per heavy atom. The van der Waals surface area contributed by atoms with E-state index in [0.717, 1.165) is 6.21 Å². The van der Waals surface area contributed by atoms with Gasteiger partial charge in [-0.05, 0) is 13.8 Å². The summed E-state index contributed by atoms with van der Waals surface area (Å²) in [4.78, 5) is 3.31. The molecule has 0 amide bonds. The first-order chi connectivity index (χ1) is 5.04. The zero-order valence-corrected chi connectivity index (χ0v) is 10.1. The summed E-state index contributed by atoms with van der Waals surface area (Å²) in [5.74, 6) is 0. The van der Waals surface area contributed by atoms with Crippen molar-refractivity contribution >= 4 is 12.4 Å². The van der Waals surface area contributed by atoms with E-state index in [2.05, 4.69) is 12.0 Å². The van der Waals surface area contributed by atoms with Crippen molar-refractivity contribution in [2.45, 2.75) is 26.1 Å². The minimum Gasteiger partial charge on any atom is -0.812 e. The van der Waals surface area contributed by atoms with Gasteiger partial charge in [0.1, 0.15) is 0 Å². The van der Waals surface area contributed by atoms with Crippen molar-refractivity contribution in [3.8, 4) is 0 Å². The summed E-state index contributed by atoms with van der Waals surface area (Å²) >= 11 is 0. The second-order valence-electron chi connectivity index (χ2n) is 1.96. The summed E-state index contributed by atoms with van der Waals surface area (Å²) in [7, 11) is 3.14. The Balaban J connectivity index is -0.000000126. The van der Waals surface area contributed by atoms with E-state index < -0.39 is 12.2 Å². The fourth-order valence-electron chi connectivity index (χ4n) is 0.153. The van der Waals surface area contributed by atoms with E-state index in [9.17, 15) is 0 Å². The van der Waals surface area contributed by atoms with E-state index in [1.54, 1.807) is 6.92 Å². The number of hydrogen-bond donors (Lipinski definition) is 2. The van der Waals surface area contributed by atoms with Crippen molar-refractivity contribution in [1.82, 2.24) is 0 Å². The minimum atomic E-state index is -0.685. The summed E-state index contributed by atoms with van der Waals surface area (Å²) in [5, 5.41) is 24.2. The van der Waals surface area contributed by atoms with E-state index >= 15 is 0 Å². The zero-order valence-electron chi connectivity index (χ0n) is 7.21. The van der Waals surface area contributed by atoms with E-state index in [4.69, 9.17) is 15.6 Å². The van der Waals surface area contributed by atoms with Gasteiger partial charge in [0.05, 0.1) is 0 Å². The van der Waals surface area contributed by atoms with Crippen LogP contribution in [-0.4, -0.2) is 34.9 Å². The predicted octanol–water partition coefficient (Wildman–Crippen LogP) is 0.234. The van der Waals surface area contributed by atoms with Gasteiger partial charge < -0.3 is 20.6 Å². The van der Waals surface area contributed by atoms with Crippen molar-refractivity contribution in [1.29, 1.82) is 0 Å². The van der Waals surface area contributed by atoms with Gasteiger partial charge in [-0.15, -0.1) is 6.21 Å². The van der Waals surface area contributed by atoms with E-state index in [0.29, 0.717) is 0 Å². The first-order valence-electron chi connectivity index (χ1n) is 3.17. The topological polar surface area (TPSA) is 75.1 Å². The van der Waals surface area contributed by atoms with Crippen LogP contribution in [0.3, 0.4) is 0 Å². The van der Waals surface area contributed by atoms with Crippen LogP contribution >= 0.6 is 0 Å². The predicted molar refractivity (Wildman–Crippen MR) is 46.6 cm³/mol. The molecule has 0 aromatic heterocycles. The number of aliphatic hydroxyl groups excluding tert-OH is 2. The molecule has 2 atom stereocenters. The average molecular weight is 342 g/mol. The molecule has 12 heavy (non-hydrogen) atoms. The Labute approximate surface area is 87.5 Å². The molecule has 0 rings (SSSR count). The van der Waals surface area contributed by atoms with Crippen LogP contribution < -0.4 is 0 Å². The van der Waals surface area contributed by atoms with Gasteiger partial charge in [-0.3, -0.25) is 0 Å². The SMILES string of the molecule is CC(O)C=[N-].[CH2-]N=CC(C)O.[W+2]. The number of aliphatic hydroxyl groups is 2. The quantitative estimate of drug-likeness (QED) is 0.557. The van der Waals surface area contributed by atoms with E-state index in [-0.39, 0.29) is 21.1 Å². The second-order valence-corrected chi connectivity index (χ2v) is 1.96. The van der Waals surface area contributed by atoms with Crippen molar-refractivity contribution in [3.63, 3.8) is 0 Å². The van der Waals surface area contributed by atoms with Crippen LogP contribution in [0, 0.1) is 7.05 Å². The molecule has 0 bridgehead atoms. The van der Waals surface area contributed by atoms with Crippen LogP contribution in [0.25, 0.3) is 5.41 Å². The van der Waals surface area contributed by atoms with Gasteiger partial charge in [-0.25, -0.2) is 0 Å². The molecular formula is C7H14N2O2W. The Bertz CT molecular complexity index is 116. The third-order valence-electron chi connectivity index (χ3n) is 0.537. The van der Waals surface area contributed by atoms with E-state index in [1.807, 2.05) is 0 Å². The van der Waals surface area contributed by atoms with Gasteiger partial charge in [0.2, 0.25) is 0 Å². The molecule has 0 radical (unpaired) electrons. The Morgan fingerprint density at radius 1 is 1.33 bits per heavy atom. The molecule has 0 fully saturated rings. The molecule has 2 N–H and O–H groups in total. The molecular weight excluding hydrogens is 328 g/mol. The maximum atomic E-state index is 8.36. The number of rotatable bonds is 2. The molecule has 0 heterocycles. The molecule has 0 aliphatic heterocycles. The average Bonchev–Trinajstić information content (AvgIpc) is 1.89. The number of aliphatic imine (C=N–C) groups is 1. The molecule has 0 spiro atoms. The molecule has 0 aromatic rings. The maximum Gasteiger partial charge on any atom is 2.00 e. The van der Waals surface area contributed by atoms with Crippen LogP contribution in [0.5, 0.6) is 0 Å². The summed E-state index contributed by atoms with van der Waals surface area (Å²) < 4.78 is 0. The molecule has 5 heteroatoms. The van der Waals surface area contributed by atoms with Gasteiger partial charge in [0, 0.05) is 12.2 Å². The standard InChI is InChI=1S/C4H8NO.C3H6NO.W/c1-4(6)3-5-2;1-3(5)2-4;/h3-4,6H,2H2,1H3;2-3,5H,1H3;/q2*-1;+2. The number of hydrogen-bond acceptors (Lipinski definition) is 3. The van der Waals surface area contributed by atoms with E-state index in [1.165, 1.54) is 13.1 Å². The first-order valence-corrected chi connectivity index (χ1v) is 3.17. The molecule has 0 aliphatic carbocycles. The molecule has 0 saturated carbocycles. The van der Waals surface area contributed by atoms with Crippen molar-refractivity contribution < 1.29 is 31.3 Å². The van der Waals surface area contributed by atoms with Crippen LogP contribution in [0.1, 0.15) is 13.8 Å². The fraction of sp³-hybridized carbons (Fsp3) is 0.571. The van der Waals surface area contributed by atoms with Crippen molar-refractivity contribution in [2.24, 2.45) is 4.99 Å².